The third-order valence-electron chi connectivity index (χ3n) is 1.46. The Kier molecular flexibility index (Phi) is 2.57. The summed E-state index contributed by atoms with van der Waals surface area (Å²) in [5.41, 5.74) is 0.248. The van der Waals surface area contributed by atoms with E-state index in [9.17, 15) is 4.79 Å². The van der Waals surface area contributed by atoms with Gasteiger partial charge < -0.3 is 10.0 Å². The van der Waals surface area contributed by atoms with Gasteiger partial charge >= 0.3 is 7.12 Å². The van der Waals surface area contributed by atoms with Crippen LogP contribution in [0.3, 0.4) is 0 Å². The zero-order valence-electron chi connectivity index (χ0n) is 6.56. The highest BCUT2D eigenvalue weighted by Gasteiger charge is 2.19. The monoisotopic (exact) mass is 165 g/mol. The molecule has 0 aliphatic heterocycles. The van der Waals surface area contributed by atoms with Crippen LogP contribution >= 0.6 is 0 Å². The molecule has 12 heavy (non-hydrogen) atoms. The van der Waals surface area contributed by atoms with Crippen LogP contribution in [0.2, 0.25) is 0 Å². The second-order valence-electron chi connectivity index (χ2n) is 2.37. The highest BCUT2D eigenvalue weighted by Crippen LogP contribution is 1.94. The molecular weight excluding hydrogens is 157 g/mol. The number of ketones is 1. The van der Waals surface area contributed by atoms with Gasteiger partial charge in [-0.05, 0) is 19.1 Å². The van der Waals surface area contributed by atoms with Gasteiger partial charge in [-0.3, -0.25) is 9.78 Å². The second-order valence-corrected chi connectivity index (χ2v) is 2.37. The highest BCUT2D eigenvalue weighted by atomic mass is 16.4. The number of carbonyl (C=O) groups excluding carboxylic acids is 1. The molecule has 0 unspecified atom stereocenters. The van der Waals surface area contributed by atoms with Gasteiger partial charge in [0.05, 0.1) is 5.59 Å². The molecule has 0 atom stereocenters. The predicted molar refractivity (Wildman–Crippen MR) is 44.1 cm³/mol. The maximum absolute atomic E-state index is 10.9. The lowest BCUT2D eigenvalue weighted by molar-refractivity contribution is 0.101. The molecule has 0 bridgehead atoms. The lowest BCUT2D eigenvalue weighted by Gasteiger charge is -2.02. The van der Waals surface area contributed by atoms with Crippen LogP contribution in [0.25, 0.3) is 0 Å². The molecule has 0 aliphatic carbocycles. The number of Topliss-reactive ketones (excluding diaryl/α,β-unsaturated/α-hetero) is 1. The maximum Gasteiger partial charge on any atom is 0.508 e. The average molecular weight is 165 g/mol. The van der Waals surface area contributed by atoms with Crippen molar-refractivity contribution in [1.82, 2.24) is 4.98 Å². The van der Waals surface area contributed by atoms with Gasteiger partial charge in [-0.2, -0.15) is 0 Å². The SMILES string of the molecule is CC(=O)c1cccnc1B(O)O. The van der Waals surface area contributed by atoms with Gasteiger partial charge in [0.15, 0.2) is 5.78 Å². The predicted octanol–water partition coefficient (Wildman–Crippen LogP) is -1.04. The van der Waals surface area contributed by atoms with Crippen molar-refractivity contribution in [2.75, 3.05) is 0 Å². The van der Waals surface area contributed by atoms with E-state index in [4.69, 9.17) is 10.0 Å². The number of hydrogen-bond donors (Lipinski definition) is 2. The minimum Gasteiger partial charge on any atom is -0.422 e. The van der Waals surface area contributed by atoms with E-state index in [0.29, 0.717) is 0 Å². The van der Waals surface area contributed by atoms with E-state index in [2.05, 4.69) is 4.98 Å². The summed E-state index contributed by atoms with van der Waals surface area (Å²) < 4.78 is 0. The van der Waals surface area contributed by atoms with Crippen molar-refractivity contribution in [3.05, 3.63) is 23.9 Å². The van der Waals surface area contributed by atoms with Crippen molar-refractivity contribution in [3.8, 4) is 0 Å². The lowest BCUT2D eigenvalue weighted by atomic mass is 9.81. The van der Waals surface area contributed by atoms with Crippen molar-refractivity contribution in [1.29, 1.82) is 0 Å². The molecule has 0 saturated heterocycles. The Morgan fingerprint density at radius 2 is 2.25 bits per heavy atom. The molecule has 5 heteroatoms. The van der Waals surface area contributed by atoms with Crippen LogP contribution in [0, 0.1) is 0 Å². The Morgan fingerprint density at radius 1 is 1.58 bits per heavy atom. The first-order valence-corrected chi connectivity index (χ1v) is 3.45. The summed E-state index contributed by atoms with van der Waals surface area (Å²) >= 11 is 0. The molecule has 4 nitrogen and oxygen atoms in total. The van der Waals surface area contributed by atoms with Crippen molar-refractivity contribution >= 4 is 18.5 Å². The molecule has 0 saturated carbocycles. The van der Waals surface area contributed by atoms with E-state index >= 15 is 0 Å². The number of nitrogens with zero attached hydrogens (tertiary/aromatic N) is 1. The molecule has 1 rings (SSSR count). The van der Waals surface area contributed by atoms with Gasteiger partial charge in [0.2, 0.25) is 0 Å². The molecule has 1 aromatic heterocycles. The first-order chi connectivity index (χ1) is 5.63. The van der Waals surface area contributed by atoms with Gasteiger partial charge in [-0.1, -0.05) is 0 Å². The molecule has 0 radical (unpaired) electrons. The largest absolute Gasteiger partial charge is 0.508 e. The van der Waals surface area contributed by atoms with Crippen molar-refractivity contribution in [2.45, 2.75) is 6.92 Å². The third kappa shape index (κ3) is 1.69. The Labute approximate surface area is 70.0 Å². The summed E-state index contributed by atoms with van der Waals surface area (Å²) in [6, 6.07) is 3.08. The van der Waals surface area contributed by atoms with Crippen molar-refractivity contribution in [2.24, 2.45) is 0 Å². The molecule has 62 valence electrons. The second kappa shape index (κ2) is 3.47. The van der Waals surface area contributed by atoms with E-state index in [0.717, 1.165) is 0 Å². The molecule has 2 N–H and O–H groups in total. The minimum atomic E-state index is -1.69. The van der Waals surface area contributed by atoms with Gasteiger partial charge in [0, 0.05) is 11.8 Å². The summed E-state index contributed by atoms with van der Waals surface area (Å²) in [6.45, 7) is 1.35. The number of carbonyl (C=O) groups is 1. The Balaban J connectivity index is 3.17. The van der Waals surface area contributed by atoms with Crippen molar-refractivity contribution in [3.63, 3.8) is 0 Å². The molecule has 0 amide bonds. The zero-order chi connectivity index (χ0) is 9.14. The van der Waals surface area contributed by atoms with Gasteiger partial charge in [0.1, 0.15) is 0 Å². The average Bonchev–Trinajstić information content (AvgIpc) is 2.04. The van der Waals surface area contributed by atoms with E-state index in [1.807, 2.05) is 0 Å². The van der Waals surface area contributed by atoms with Crippen LogP contribution in [-0.2, 0) is 0 Å². The molecule has 1 heterocycles. The molecule has 0 spiro atoms. The van der Waals surface area contributed by atoms with E-state index < -0.39 is 7.12 Å². The standard InChI is InChI=1S/C7H8BNO3/c1-5(10)6-3-2-4-9-7(6)8(11)12/h2-4,11-12H,1H3. The molecule has 0 aromatic carbocycles. The van der Waals surface area contributed by atoms with Gasteiger partial charge in [-0.25, -0.2) is 0 Å². The van der Waals surface area contributed by atoms with Crippen LogP contribution in [0.4, 0.5) is 0 Å². The van der Waals surface area contributed by atoms with Crippen LogP contribution in [0.15, 0.2) is 18.3 Å². The van der Waals surface area contributed by atoms with Crippen molar-refractivity contribution < 1.29 is 14.8 Å². The maximum atomic E-state index is 10.9. The summed E-state index contributed by atoms with van der Waals surface area (Å²) in [5.74, 6) is -0.230. The minimum absolute atomic E-state index is 0.00463. The fourth-order valence-corrected chi connectivity index (χ4v) is 0.921. The van der Waals surface area contributed by atoms with Gasteiger partial charge in [-0.15, -0.1) is 0 Å². The number of rotatable bonds is 2. The smallest absolute Gasteiger partial charge is 0.422 e. The van der Waals surface area contributed by atoms with Crippen LogP contribution in [0.5, 0.6) is 0 Å². The third-order valence-corrected chi connectivity index (χ3v) is 1.46. The number of aromatic nitrogens is 1. The van der Waals surface area contributed by atoms with E-state index in [-0.39, 0.29) is 16.9 Å². The first kappa shape index (κ1) is 8.90. The summed E-state index contributed by atoms with van der Waals surface area (Å²) in [7, 11) is -1.69. The number of pyridine rings is 1. The quantitative estimate of drug-likeness (QED) is 0.433. The van der Waals surface area contributed by atoms with E-state index in [1.54, 1.807) is 6.07 Å². The molecular formula is C7H8BNO3. The summed E-state index contributed by atoms with van der Waals surface area (Å²) in [4.78, 5) is 14.6. The Morgan fingerprint density at radius 3 is 2.67 bits per heavy atom. The summed E-state index contributed by atoms with van der Waals surface area (Å²) in [5, 5.41) is 17.6. The normalized spacial score (nSPS) is 9.58. The first-order valence-electron chi connectivity index (χ1n) is 3.45. The number of hydrogen-bond acceptors (Lipinski definition) is 4. The molecule has 0 aliphatic rings. The topological polar surface area (TPSA) is 70.4 Å². The van der Waals surface area contributed by atoms with Crippen LogP contribution < -0.4 is 5.59 Å². The van der Waals surface area contributed by atoms with Gasteiger partial charge in [0.25, 0.3) is 0 Å². The Bertz CT molecular complexity index is 300. The van der Waals surface area contributed by atoms with E-state index in [1.165, 1.54) is 19.2 Å². The van der Waals surface area contributed by atoms with Crippen LogP contribution in [-0.4, -0.2) is 27.9 Å². The zero-order valence-corrected chi connectivity index (χ0v) is 6.56. The fraction of sp³-hybridized carbons (Fsp3) is 0.143. The molecule has 0 fully saturated rings. The van der Waals surface area contributed by atoms with Crippen LogP contribution in [0.1, 0.15) is 17.3 Å². The molecule has 1 aromatic rings. The lowest BCUT2D eigenvalue weighted by Crippen LogP contribution is -2.36. The summed E-state index contributed by atoms with van der Waals surface area (Å²) in [6.07, 6.45) is 1.40. The highest BCUT2D eigenvalue weighted by molar-refractivity contribution is 6.59. The Hall–Kier alpha value is -1.20. The fourth-order valence-electron chi connectivity index (χ4n) is 0.921.